The summed E-state index contributed by atoms with van der Waals surface area (Å²) >= 11 is 0. The molecular weight excluding hydrogens is 328 g/mol. The normalized spacial score (nSPS) is 11.0. The maximum Gasteiger partial charge on any atom is 0.244 e. The zero-order valence-corrected chi connectivity index (χ0v) is 16.0. The van der Waals surface area contributed by atoms with Gasteiger partial charge in [0.15, 0.2) is 11.5 Å². The number of hydrogen-bond acceptors (Lipinski definition) is 4. The molecule has 26 heavy (non-hydrogen) atoms. The van der Waals surface area contributed by atoms with Crippen molar-refractivity contribution in [1.29, 1.82) is 0 Å². The molecule has 0 radical (unpaired) electrons. The number of rotatable bonds is 7. The lowest BCUT2D eigenvalue weighted by Crippen LogP contribution is -2.20. The lowest BCUT2D eigenvalue weighted by Gasteiger charge is -2.13. The summed E-state index contributed by atoms with van der Waals surface area (Å²) in [5, 5.41) is 4.03. The molecule has 2 aromatic carbocycles. The van der Waals surface area contributed by atoms with Gasteiger partial charge in [0.25, 0.3) is 0 Å². The molecule has 5 heteroatoms. The third-order valence-electron chi connectivity index (χ3n) is 3.80. The van der Waals surface area contributed by atoms with Crippen LogP contribution in [0.2, 0.25) is 0 Å². The fraction of sp³-hybridized carbons (Fsp3) is 0.333. The van der Waals surface area contributed by atoms with E-state index in [1.807, 2.05) is 58.0 Å². The highest BCUT2D eigenvalue weighted by atomic mass is 16.5. The van der Waals surface area contributed by atoms with Gasteiger partial charge in [-0.1, -0.05) is 23.8 Å². The molecule has 2 aromatic rings. The molecule has 0 aliphatic rings. The number of hydrazone groups is 1. The molecule has 5 nitrogen and oxygen atoms in total. The van der Waals surface area contributed by atoms with Crippen LogP contribution in [-0.4, -0.2) is 25.3 Å². The SMILES string of the molecule is COc1cc(/C=N/NC(=O)Cc2ccc(C)cc2C)ccc1OC(C)C. The Hall–Kier alpha value is -2.82. The highest BCUT2D eigenvalue weighted by Gasteiger charge is 2.07. The van der Waals surface area contributed by atoms with Gasteiger partial charge in [0, 0.05) is 0 Å². The molecule has 0 spiro atoms. The molecule has 0 aliphatic heterocycles. The highest BCUT2D eigenvalue weighted by Crippen LogP contribution is 2.28. The maximum absolute atomic E-state index is 12.1. The molecule has 0 fully saturated rings. The standard InChI is InChI=1S/C21H26N2O3/c1-14(2)26-19-9-7-17(11-20(19)25-5)13-22-23-21(24)12-18-8-6-15(3)10-16(18)4/h6-11,13-14H,12H2,1-5H3,(H,23,24)/b22-13+. The summed E-state index contributed by atoms with van der Waals surface area (Å²) in [6.45, 7) is 7.96. The van der Waals surface area contributed by atoms with E-state index in [1.165, 1.54) is 5.56 Å². The van der Waals surface area contributed by atoms with Crippen molar-refractivity contribution in [2.45, 2.75) is 40.2 Å². The van der Waals surface area contributed by atoms with E-state index in [2.05, 4.69) is 16.6 Å². The van der Waals surface area contributed by atoms with Crippen molar-refractivity contribution in [2.24, 2.45) is 5.10 Å². The molecule has 1 amide bonds. The van der Waals surface area contributed by atoms with Gasteiger partial charge in [0.2, 0.25) is 5.91 Å². The minimum atomic E-state index is -0.153. The molecule has 0 aliphatic carbocycles. The predicted molar refractivity (Wildman–Crippen MR) is 104 cm³/mol. The van der Waals surface area contributed by atoms with Crippen molar-refractivity contribution in [3.63, 3.8) is 0 Å². The van der Waals surface area contributed by atoms with Crippen LogP contribution in [0.4, 0.5) is 0 Å². The summed E-state index contributed by atoms with van der Waals surface area (Å²) in [5.41, 5.74) is 6.66. The van der Waals surface area contributed by atoms with Gasteiger partial charge < -0.3 is 9.47 Å². The Bertz CT molecular complexity index is 798. The number of methoxy groups -OCH3 is 1. The number of carbonyl (C=O) groups excluding carboxylic acids is 1. The molecular formula is C21H26N2O3. The molecule has 0 bridgehead atoms. The van der Waals surface area contributed by atoms with Crippen molar-refractivity contribution in [1.82, 2.24) is 5.43 Å². The molecule has 0 saturated heterocycles. The number of ether oxygens (including phenoxy) is 2. The van der Waals surface area contributed by atoms with Crippen molar-refractivity contribution < 1.29 is 14.3 Å². The highest BCUT2D eigenvalue weighted by molar-refractivity contribution is 5.84. The van der Waals surface area contributed by atoms with Crippen LogP contribution in [0.15, 0.2) is 41.5 Å². The van der Waals surface area contributed by atoms with Crippen LogP contribution < -0.4 is 14.9 Å². The number of carbonyl (C=O) groups is 1. The van der Waals surface area contributed by atoms with Gasteiger partial charge in [-0.3, -0.25) is 4.79 Å². The largest absolute Gasteiger partial charge is 0.493 e. The van der Waals surface area contributed by atoms with Gasteiger partial charge in [0.1, 0.15) is 0 Å². The molecule has 138 valence electrons. The number of nitrogens with zero attached hydrogens (tertiary/aromatic N) is 1. The van der Waals surface area contributed by atoms with E-state index in [0.717, 1.165) is 16.7 Å². The monoisotopic (exact) mass is 354 g/mol. The molecule has 0 atom stereocenters. The van der Waals surface area contributed by atoms with Crippen LogP contribution in [0.25, 0.3) is 0 Å². The van der Waals surface area contributed by atoms with Crippen LogP contribution in [0.1, 0.15) is 36.1 Å². The number of aryl methyl sites for hydroxylation is 2. The van der Waals surface area contributed by atoms with Crippen molar-refractivity contribution in [3.8, 4) is 11.5 Å². The predicted octanol–water partition coefficient (Wildman–Crippen LogP) is 3.79. The minimum absolute atomic E-state index is 0.0629. The first-order valence-electron chi connectivity index (χ1n) is 8.61. The summed E-state index contributed by atoms with van der Waals surface area (Å²) in [5.74, 6) is 1.16. The summed E-state index contributed by atoms with van der Waals surface area (Å²) in [6, 6.07) is 11.6. The maximum atomic E-state index is 12.1. The van der Waals surface area contributed by atoms with Crippen LogP contribution in [0.5, 0.6) is 11.5 Å². The Labute approximate surface area is 155 Å². The first-order valence-corrected chi connectivity index (χ1v) is 8.61. The second-order valence-corrected chi connectivity index (χ2v) is 6.48. The zero-order valence-electron chi connectivity index (χ0n) is 16.0. The average Bonchev–Trinajstić information content (AvgIpc) is 2.58. The van der Waals surface area contributed by atoms with E-state index in [-0.39, 0.29) is 12.0 Å². The minimum Gasteiger partial charge on any atom is -0.493 e. The Morgan fingerprint density at radius 1 is 1.15 bits per heavy atom. The van der Waals surface area contributed by atoms with E-state index in [1.54, 1.807) is 13.3 Å². The molecule has 1 N–H and O–H groups in total. The topological polar surface area (TPSA) is 59.9 Å². The first-order chi connectivity index (χ1) is 12.4. The molecule has 0 saturated carbocycles. The van der Waals surface area contributed by atoms with Crippen LogP contribution in [0.3, 0.4) is 0 Å². The van der Waals surface area contributed by atoms with Gasteiger partial charge >= 0.3 is 0 Å². The molecule has 2 rings (SSSR count). The molecule has 0 heterocycles. The smallest absolute Gasteiger partial charge is 0.244 e. The Morgan fingerprint density at radius 3 is 2.58 bits per heavy atom. The van der Waals surface area contributed by atoms with Gasteiger partial charge in [-0.15, -0.1) is 0 Å². The summed E-state index contributed by atoms with van der Waals surface area (Å²) in [6.07, 6.45) is 1.95. The van der Waals surface area contributed by atoms with Gasteiger partial charge in [0.05, 0.1) is 25.8 Å². The second-order valence-electron chi connectivity index (χ2n) is 6.48. The van der Waals surface area contributed by atoms with Gasteiger partial charge in [-0.05, 0) is 62.6 Å². The summed E-state index contributed by atoms with van der Waals surface area (Å²) < 4.78 is 11.0. The van der Waals surface area contributed by atoms with Gasteiger partial charge in [-0.2, -0.15) is 5.10 Å². The van der Waals surface area contributed by atoms with E-state index < -0.39 is 0 Å². The van der Waals surface area contributed by atoms with Crippen molar-refractivity contribution in [3.05, 3.63) is 58.7 Å². The Balaban J connectivity index is 1.98. The third kappa shape index (κ3) is 5.62. The zero-order chi connectivity index (χ0) is 19.1. The van der Waals surface area contributed by atoms with Crippen LogP contribution in [0, 0.1) is 13.8 Å². The number of hydrogen-bond donors (Lipinski definition) is 1. The molecule has 0 unspecified atom stereocenters. The second kappa shape index (κ2) is 9.04. The number of nitrogens with one attached hydrogen (secondary N) is 1. The fourth-order valence-electron chi connectivity index (χ4n) is 2.55. The molecule has 0 aromatic heterocycles. The summed E-state index contributed by atoms with van der Waals surface area (Å²) in [4.78, 5) is 12.1. The average molecular weight is 354 g/mol. The third-order valence-corrected chi connectivity index (χ3v) is 3.80. The van der Waals surface area contributed by atoms with Crippen molar-refractivity contribution in [2.75, 3.05) is 7.11 Å². The summed E-state index contributed by atoms with van der Waals surface area (Å²) in [7, 11) is 1.59. The van der Waals surface area contributed by atoms with Crippen molar-refractivity contribution >= 4 is 12.1 Å². The van der Waals surface area contributed by atoms with E-state index >= 15 is 0 Å². The Morgan fingerprint density at radius 2 is 1.92 bits per heavy atom. The number of amides is 1. The quantitative estimate of drug-likeness (QED) is 0.608. The van der Waals surface area contributed by atoms with Crippen LogP contribution in [-0.2, 0) is 11.2 Å². The van der Waals surface area contributed by atoms with E-state index in [9.17, 15) is 4.79 Å². The van der Waals surface area contributed by atoms with Crippen LogP contribution >= 0.6 is 0 Å². The fourth-order valence-corrected chi connectivity index (χ4v) is 2.55. The van der Waals surface area contributed by atoms with E-state index in [0.29, 0.717) is 17.9 Å². The van der Waals surface area contributed by atoms with E-state index in [4.69, 9.17) is 9.47 Å². The van der Waals surface area contributed by atoms with Gasteiger partial charge in [-0.25, -0.2) is 5.43 Å². The lowest BCUT2D eigenvalue weighted by molar-refractivity contribution is -0.120. The number of benzene rings is 2. The lowest BCUT2D eigenvalue weighted by atomic mass is 10.0. The Kier molecular flexibility index (Phi) is 6.78. The first kappa shape index (κ1) is 19.5.